The number of hydrogen-bond acceptors (Lipinski definition) is 3. The van der Waals surface area contributed by atoms with Crippen LogP contribution in [0.4, 0.5) is 0 Å². The van der Waals surface area contributed by atoms with Gasteiger partial charge in [-0.2, -0.15) is 11.8 Å². The van der Waals surface area contributed by atoms with Crippen molar-refractivity contribution < 1.29 is 9.84 Å². The smallest absolute Gasteiger partial charge is 0.138 e. The predicted octanol–water partition coefficient (Wildman–Crippen LogP) is 3.88. The molecule has 0 radical (unpaired) electrons. The minimum absolute atomic E-state index is 0.234. The Balaban J connectivity index is 2.26. The van der Waals surface area contributed by atoms with E-state index in [0.29, 0.717) is 27.7 Å². The highest BCUT2D eigenvalue weighted by Crippen LogP contribution is 2.27. The first-order valence-corrected chi connectivity index (χ1v) is 7.24. The van der Waals surface area contributed by atoms with Gasteiger partial charge in [-0.15, -0.1) is 0 Å². The molecule has 1 rings (SSSR count). The van der Waals surface area contributed by atoms with Crippen LogP contribution >= 0.6 is 35.0 Å². The highest BCUT2D eigenvalue weighted by atomic mass is 35.5. The van der Waals surface area contributed by atoms with Gasteiger partial charge in [-0.05, 0) is 24.6 Å². The number of benzene rings is 1. The van der Waals surface area contributed by atoms with Crippen molar-refractivity contribution in [2.24, 2.45) is 0 Å². The van der Waals surface area contributed by atoms with E-state index in [2.05, 4.69) is 6.92 Å². The Morgan fingerprint density at radius 2 is 2.18 bits per heavy atom. The average Bonchev–Trinajstić information content (AvgIpc) is 2.27. The molecule has 1 aromatic rings. The fraction of sp³-hybridized carbons (Fsp3) is 0.500. The van der Waals surface area contributed by atoms with Crippen molar-refractivity contribution >= 4 is 35.0 Å². The Kier molecular flexibility index (Phi) is 7.12. The minimum Gasteiger partial charge on any atom is -0.491 e. The monoisotopic (exact) mass is 294 g/mol. The third kappa shape index (κ3) is 5.87. The molecule has 0 spiro atoms. The molecule has 96 valence electrons. The SMILES string of the molecule is CC(CCO)SCCOc1ccc(Cl)cc1Cl. The van der Waals surface area contributed by atoms with Crippen LogP contribution in [0.2, 0.25) is 10.0 Å². The van der Waals surface area contributed by atoms with Crippen LogP contribution in [0.25, 0.3) is 0 Å². The fourth-order valence-corrected chi connectivity index (χ4v) is 2.58. The Hall–Kier alpha value is -0.0900. The van der Waals surface area contributed by atoms with Crippen molar-refractivity contribution in [3.8, 4) is 5.75 Å². The molecule has 1 unspecified atom stereocenters. The molecule has 0 saturated carbocycles. The summed E-state index contributed by atoms with van der Waals surface area (Å²) in [5, 5.41) is 10.3. The summed E-state index contributed by atoms with van der Waals surface area (Å²) >= 11 is 13.5. The summed E-state index contributed by atoms with van der Waals surface area (Å²) in [6.45, 7) is 2.93. The van der Waals surface area contributed by atoms with Gasteiger partial charge in [-0.1, -0.05) is 30.1 Å². The van der Waals surface area contributed by atoms with E-state index in [1.807, 2.05) is 0 Å². The van der Waals surface area contributed by atoms with Gasteiger partial charge in [0.05, 0.1) is 11.6 Å². The van der Waals surface area contributed by atoms with Crippen LogP contribution in [-0.2, 0) is 0 Å². The highest BCUT2D eigenvalue weighted by molar-refractivity contribution is 7.99. The van der Waals surface area contributed by atoms with Crippen molar-refractivity contribution in [2.75, 3.05) is 19.0 Å². The predicted molar refractivity (Wildman–Crippen MR) is 75.6 cm³/mol. The van der Waals surface area contributed by atoms with Crippen LogP contribution in [0, 0.1) is 0 Å². The molecule has 1 N–H and O–H groups in total. The number of aliphatic hydroxyl groups excluding tert-OH is 1. The Bertz CT molecular complexity index is 347. The molecule has 0 fully saturated rings. The normalized spacial score (nSPS) is 12.5. The lowest BCUT2D eigenvalue weighted by Gasteiger charge is -2.11. The standard InChI is InChI=1S/C12H16Cl2O2S/c1-9(4-5-15)17-7-6-16-12-3-2-10(13)8-11(12)14/h2-3,8-9,15H,4-7H2,1H3. The molecular formula is C12H16Cl2O2S. The van der Waals surface area contributed by atoms with E-state index in [1.165, 1.54) is 0 Å². The van der Waals surface area contributed by atoms with Gasteiger partial charge in [0.1, 0.15) is 5.75 Å². The molecular weight excluding hydrogens is 279 g/mol. The zero-order chi connectivity index (χ0) is 12.7. The lowest BCUT2D eigenvalue weighted by Crippen LogP contribution is -2.06. The van der Waals surface area contributed by atoms with Crippen molar-refractivity contribution in [2.45, 2.75) is 18.6 Å². The molecule has 1 atom stereocenters. The minimum atomic E-state index is 0.234. The molecule has 0 amide bonds. The molecule has 2 nitrogen and oxygen atoms in total. The van der Waals surface area contributed by atoms with E-state index in [0.717, 1.165) is 12.2 Å². The van der Waals surface area contributed by atoms with Crippen LogP contribution < -0.4 is 4.74 Å². The van der Waals surface area contributed by atoms with Crippen molar-refractivity contribution in [1.29, 1.82) is 0 Å². The Morgan fingerprint density at radius 1 is 1.41 bits per heavy atom. The van der Waals surface area contributed by atoms with Crippen LogP contribution in [0.5, 0.6) is 5.75 Å². The maximum Gasteiger partial charge on any atom is 0.138 e. The lowest BCUT2D eigenvalue weighted by atomic mass is 10.3. The van der Waals surface area contributed by atoms with Crippen LogP contribution in [-0.4, -0.2) is 29.3 Å². The average molecular weight is 295 g/mol. The summed E-state index contributed by atoms with van der Waals surface area (Å²) in [6.07, 6.45) is 0.812. The quantitative estimate of drug-likeness (QED) is 0.774. The topological polar surface area (TPSA) is 29.5 Å². The van der Waals surface area contributed by atoms with E-state index in [1.54, 1.807) is 30.0 Å². The van der Waals surface area contributed by atoms with Gasteiger partial charge in [-0.3, -0.25) is 0 Å². The maximum atomic E-state index is 8.76. The summed E-state index contributed by atoms with van der Waals surface area (Å²) in [7, 11) is 0. The molecule has 1 aromatic carbocycles. The molecule has 0 bridgehead atoms. The number of hydrogen-bond donors (Lipinski definition) is 1. The van der Waals surface area contributed by atoms with Gasteiger partial charge in [0.2, 0.25) is 0 Å². The summed E-state index contributed by atoms with van der Waals surface area (Å²) in [5.41, 5.74) is 0. The summed E-state index contributed by atoms with van der Waals surface area (Å²) in [5.74, 6) is 1.53. The molecule has 0 aliphatic carbocycles. The van der Waals surface area contributed by atoms with Crippen molar-refractivity contribution in [3.05, 3.63) is 28.2 Å². The number of halogens is 2. The van der Waals surface area contributed by atoms with E-state index in [-0.39, 0.29) is 6.61 Å². The van der Waals surface area contributed by atoms with Crippen LogP contribution in [0.3, 0.4) is 0 Å². The second kappa shape index (κ2) is 8.09. The van der Waals surface area contributed by atoms with E-state index >= 15 is 0 Å². The molecule has 0 aliphatic rings. The van der Waals surface area contributed by atoms with E-state index in [9.17, 15) is 0 Å². The van der Waals surface area contributed by atoms with Gasteiger partial charge in [0.15, 0.2) is 0 Å². The second-order valence-electron chi connectivity index (χ2n) is 3.62. The van der Waals surface area contributed by atoms with Crippen LogP contribution in [0.1, 0.15) is 13.3 Å². The Labute approximate surface area is 116 Å². The number of aliphatic hydroxyl groups is 1. The van der Waals surface area contributed by atoms with Gasteiger partial charge in [0.25, 0.3) is 0 Å². The van der Waals surface area contributed by atoms with Gasteiger partial charge >= 0.3 is 0 Å². The van der Waals surface area contributed by atoms with Gasteiger partial charge in [-0.25, -0.2) is 0 Å². The first-order valence-electron chi connectivity index (χ1n) is 5.44. The van der Waals surface area contributed by atoms with Crippen molar-refractivity contribution in [3.63, 3.8) is 0 Å². The number of thioether (sulfide) groups is 1. The molecule has 5 heteroatoms. The highest BCUT2D eigenvalue weighted by Gasteiger charge is 2.04. The third-order valence-electron chi connectivity index (χ3n) is 2.17. The molecule has 0 saturated heterocycles. The molecule has 0 heterocycles. The van der Waals surface area contributed by atoms with Crippen molar-refractivity contribution in [1.82, 2.24) is 0 Å². The zero-order valence-corrected chi connectivity index (χ0v) is 12.0. The number of ether oxygens (including phenoxy) is 1. The van der Waals surface area contributed by atoms with E-state index in [4.69, 9.17) is 33.0 Å². The fourth-order valence-electron chi connectivity index (χ4n) is 1.26. The number of rotatable bonds is 7. The summed E-state index contributed by atoms with van der Waals surface area (Å²) in [6, 6.07) is 5.19. The molecule has 0 aliphatic heterocycles. The van der Waals surface area contributed by atoms with Crippen LogP contribution in [0.15, 0.2) is 18.2 Å². The summed E-state index contributed by atoms with van der Waals surface area (Å²) < 4.78 is 5.55. The zero-order valence-electron chi connectivity index (χ0n) is 9.66. The molecule has 17 heavy (non-hydrogen) atoms. The third-order valence-corrected chi connectivity index (χ3v) is 3.91. The lowest BCUT2D eigenvalue weighted by molar-refractivity contribution is 0.288. The Morgan fingerprint density at radius 3 is 2.82 bits per heavy atom. The molecule has 0 aromatic heterocycles. The largest absolute Gasteiger partial charge is 0.491 e. The summed E-state index contributed by atoms with van der Waals surface area (Å²) in [4.78, 5) is 0. The maximum absolute atomic E-state index is 8.76. The first kappa shape index (κ1) is 15.0. The van der Waals surface area contributed by atoms with E-state index < -0.39 is 0 Å². The van der Waals surface area contributed by atoms with Gasteiger partial charge in [0, 0.05) is 22.6 Å². The second-order valence-corrected chi connectivity index (χ2v) is 6.01. The van der Waals surface area contributed by atoms with Gasteiger partial charge < -0.3 is 9.84 Å². The first-order chi connectivity index (χ1) is 8.13.